The Morgan fingerprint density at radius 3 is 2.73 bits per heavy atom. The third kappa shape index (κ3) is 4.94. The Balaban J connectivity index is 1.53. The van der Waals surface area contributed by atoms with Crippen LogP contribution in [0, 0.1) is 25.6 Å². The topological polar surface area (TPSA) is 68.2 Å². The summed E-state index contributed by atoms with van der Waals surface area (Å²) in [6, 6.07) is 6.39. The first-order valence-corrected chi connectivity index (χ1v) is 12.1. The molecule has 2 heterocycles. The molecule has 0 saturated heterocycles. The molecule has 1 atom stereocenters. The van der Waals surface area contributed by atoms with E-state index in [1.807, 2.05) is 18.5 Å². The molecule has 2 N–H and O–H groups in total. The monoisotopic (exact) mass is 486 g/mol. The van der Waals surface area contributed by atoms with E-state index in [1.165, 1.54) is 24.1 Å². The predicted octanol–water partition coefficient (Wildman–Crippen LogP) is 5.47. The van der Waals surface area contributed by atoms with E-state index in [0.29, 0.717) is 28.1 Å². The Kier molecular flexibility index (Phi) is 6.81. The molecule has 0 aliphatic heterocycles. The van der Waals surface area contributed by atoms with Crippen LogP contribution in [0.4, 0.5) is 15.1 Å². The third-order valence-corrected chi connectivity index (χ3v) is 7.37. The van der Waals surface area contributed by atoms with Gasteiger partial charge < -0.3 is 15.4 Å². The SMILES string of the molecule is COC(=O)c1c(NC(=S)Nc2c(C)nn(Cc3ccc(F)cc3)c2C)sc2c1CCC(C)C2. The molecular weight excluding hydrogens is 459 g/mol. The van der Waals surface area contributed by atoms with E-state index in [9.17, 15) is 9.18 Å². The Hall–Kier alpha value is -2.78. The molecule has 9 heteroatoms. The zero-order valence-corrected chi connectivity index (χ0v) is 20.8. The van der Waals surface area contributed by atoms with Crippen molar-refractivity contribution >= 4 is 45.3 Å². The number of hydrogen-bond acceptors (Lipinski definition) is 5. The predicted molar refractivity (Wildman–Crippen MR) is 134 cm³/mol. The van der Waals surface area contributed by atoms with E-state index >= 15 is 0 Å². The number of anilines is 2. The summed E-state index contributed by atoms with van der Waals surface area (Å²) in [5, 5.41) is 12.2. The molecule has 1 unspecified atom stereocenters. The average Bonchev–Trinajstić information content (AvgIpc) is 3.25. The number of methoxy groups -OCH3 is 1. The van der Waals surface area contributed by atoms with E-state index in [2.05, 4.69) is 22.7 Å². The summed E-state index contributed by atoms with van der Waals surface area (Å²) >= 11 is 7.16. The van der Waals surface area contributed by atoms with Crippen LogP contribution < -0.4 is 10.6 Å². The molecule has 0 fully saturated rings. The summed E-state index contributed by atoms with van der Waals surface area (Å²) in [4.78, 5) is 13.8. The van der Waals surface area contributed by atoms with Gasteiger partial charge in [0.2, 0.25) is 0 Å². The maximum absolute atomic E-state index is 13.2. The maximum Gasteiger partial charge on any atom is 0.341 e. The van der Waals surface area contributed by atoms with Crippen LogP contribution in [0.3, 0.4) is 0 Å². The molecule has 1 aliphatic rings. The largest absolute Gasteiger partial charge is 0.465 e. The highest BCUT2D eigenvalue weighted by Gasteiger charge is 2.28. The molecule has 1 aliphatic carbocycles. The zero-order chi connectivity index (χ0) is 23.7. The van der Waals surface area contributed by atoms with E-state index in [0.717, 1.165) is 47.5 Å². The van der Waals surface area contributed by atoms with Gasteiger partial charge >= 0.3 is 5.97 Å². The number of nitrogens with zero attached hydrogens (tertiary/aromatic N) is 2. The van der Waals surface area contributed by atoms with E-state index < -0.39 is 0 Å². The lowest BCUT2D eigenvalue weighted by molar-refractivity contribution is 0.0601. The molecule has 0 bridgehead atoms. The van der Waals surface area contributed by atoms with Gasteiger partial charge in [-0.15, -0.1) is 11.3 Å². The van der Waals surface area contributed by atoms with Crippen molar-refractivity contribution in [2.24, 2.45) is 5.92 Å². The van der Waals surface area contributed by atoms with Gasteiger partial charge in [-0.25, -0.2) is 9.18 Å². The molecule has 0 radical (unpaired) electrons. The Morgan fingerprint density at radius 1 is 1.30 bits per heavy atom. The van der Waals surface area contributed by atoms with Crippen molar-refractivity contribution in [3.8, 4) is 0 Å². The van der Waals surface area contributed by atoms with Crippen LogP contribution in [-0.4, -0.2) is 28.0 Å². The van der Waals surface area contributed by atoms with Gasteiger partial charge in [-0.3, -0.25) is 4.68 Å². The molecule has 1 aromatic carbocycles. The third-order valence-electron chi connectivity index (χ3n) is 5.99. The lowest BCUT2D eigenvalue weighted by atomic mass is 9.88. The summed E-state index contributed by atoms with van der Waals surface area (Å²) < 4.78 is 20.1. The van der Waals surface area contributed by atoms with Crippen LogP contribution in [0.2, 0.25) is 0 Å². The number of halogens is 1. The molecule has 3 aromatic rings. The number of rotatable bonds is 5. The molecule has 33 heavy (non-hydrogen) atoms. The molecule has 0 saturated carbocycles. The first kappa shape index (κ1) is 23.4. The number of nitrogens with one attached hydrogen (secondary N) is 2. The van der Waals surface area contributed by atoms with Crippen LogP contribution in [0.5, 0.6) is 0 Å². The Morgan fingerprint density at radius 2 is 2.03 bits per heavy atom. The van der Waals surface area contributed by atoms with Crippen molar-refractivity contribution in [1.29, 1.82) is 0 Å². The quantitative estimate of drug-likeness (QED) is 0.368. The number of aromatic nitrogens is 2. The van der Waals surface area contributed by atoms with Gasteiger partial charge in [-0.2, -0.15) is 5.10 Å². The number of hydrogen-bond donors (Lipinski definition) is 2. The number of carbonyl (C=O) groups excluding carboxylic acids is 1. The highest BCUT2D eigenvalue weighted by atomic mass is 32.1. The lowest BCUT2D eigenvalue weighted by Crippen LogP contribution is -2.21. The van der Waals surface area contributed by atoms with Crippen LogP contribution in [0.25, 0.3) is 0 Å². The van der Waals surface area contributed by atoms with Crippen molar-refractivity contribution in [2.45, 2.75) is 46.6 Å². The second kappa shape index (κ2) is 9.61. The first-order valence-electron chi connectivity index (χ1n) is 10.9. The van der Waals surface area contributed by atoms with Gasteiger partial charge in [-0.1, -0.05) is 19.1 Å². The highest BCUT2D eigenvalue weighted by molar-refractivity contribution is 7.80. The van der Waals surface area contributed by atoms with E-state index in [-0.39, 0.29) is 11.8 Å². The molecule has 0 spiro atoms. The van der Waals surface area contributed by atoms with Crippen molar-refractivity contribution in [3.05, 3.63) is 63.0 Å². The minimum Gasteiger partial charge on any atom is -0.465 e. The number of carbonyl (C=O) groups is 1. The van der Waals surface area contributed by atoms with E-state index in [4.69, 9.17) is 17.0 Å². The van der Waals surface area contributed by atoms with Crippen LogP contribution in [-0.2, 0) is 24.1 Å². The van der Waals surface area contributed by atoms with Crippen LogP contribution >= 0.6 is 23.6 Å². The van der Waals surface area contributed by atoms with E-state index in [1.54, 1.807) is 23.5 Å². The lowest BCUT2D eigenvalue weighted by Gasteiger charge is -2.18. The summed E-state index contributed by atoms with van der Waals surface area (Å²) in [6.45, 7) is 6.62. The normalized spacial score (nSPS) is 15.1. The fraction of sp³-hybridized carbons (Fsp3) is 0.375. The van der Waals surface area contributed by atoms with Gasteiger partial charge in [-0.05, 0) is 74.5 Å². The zero-order valence-electron chi connectivity index (χ0n) is 19.1. The average molecular weight is 487 g/mol. The van der Waals surface area contributed by atoms with Crippen molar-refractivity contribution in [1.82, 2.24) is 9.78 Å². The second-order valence-corrected chi connectivity index (χ2v) is 9.97. The van der Waals surface area contributed by atoms with Gasteiger partial charge in [0.25, 0.3) is 0 Å². The smallest absolute Gasteiger partial charge is 0.341 e. The first-order chi connectivity index (χ1) is 15.8. The maximum atomic E-state index is 13.2. The highest BCUT2D eigenvalue weighted by Crippen LogP contribution is 2.40. The van der Waals surface area contributed by atoms with Crippen molar-refractivity contribution < 1.29 is 13.9 Å². The number of thiocarbonyl (C=S) groups is 1. The summed E-state index contributed by atoms with van der Waals surface area (Å²) in [5.41, 5.74) is 5.14. The van der Waals surface area contributed by atoms with Crippen molar-refractivity contribution in [3.63, 3.8) is 0 Å². The molecule has 6 nitrogen and oxygen atoms in total. The molecule has 4 rings (SSSR count). The molecule has 2 aromatic heterocycles. The molecule has 0 amide bonds. The number of aryl methyl sites for hydroxylation is 1. The van der Waals surface area contributed by atoms with Gasteiger partial charge in [0.15, 0.2) is 5.11 Å². The number of ether oxygens (including phenoxy) is 1. The minimum atomic E-state index is -0.341. The summed E-state index contributed by atoms with van der Waals surface area (Å²) in [7, 11) is 1.40. The fourth-order valence-corrected chi connectivity index (χ4v) is 5.87. The Bertz CT molecular complexity index is 1200. The van der Waals surface area contributed by atoms with Crippen LogP contribution in [0.1, 0.15) is 51.1 Å². The van der Waals surface area contributed by atoms with Gasteiger partial charge in [0, 0.05) is 4.88 Å². The number of benzene rings is 1. The standard InChI is InChI=1S/C24H27FN4O2S2/c1-13-5-10-18-19(11-13)33-22(20(18)23(30)31-4)27-24(32)26-21-14(2)28-29(15(21)3)12-16-6-8-17(25)9-7-16/h6-9,13H,5,10-12H2,1-4H3,(H2,26,27,32). The summed E-state index contributed by atoms with van der Waals surface area (Å²) in [6.07, 6.45) is 2.88. The fourth-order valence-electron chi connectivity index (χ4n) is 4.20. The number of fused-ring (bicyclic) bond motifs is 1. The number of thiophene rings is 1. The number of esters is 1. The van der Waals surface area contributed by atoms with Crippen LogP contribution in [0.15, 0.2) is 24.3 Å². The Labute approximate surface area is 202 Å². The second-order valence-electron chi connectivity index (χ2n) is 8.46. The minimum absolute atomic E-state index is 0.262. The molecule has 174 valence electrons. The van der Waals surface area contributed by atoms with Gasteiger partial charge in [0.05, 0.1) is 36.3 Å². The van der Waals surface area contributed by atoms with Crippen molar-refractivity contribution in [2.75, 3.05) is 17.7 Å². The summed E-state index contributed by atoms with van der Waals surface area (Å²) in [5.74, 6) is -0.00872. The molecular formula is C24H27FN4O2S2. The van der Waals surface area contributed by atoms with Gasteiger partial charge in [0.1, 0.15) is 10.8 Å².